The number of fused-ring (bicyclic) bond motifs is 5. The summed E-state index contributed by atoms with van der Waals surface area (Å²) in [5, 5.41) is 34.9. The number of hydrogen-bond donors (Lipinski definition) is 3. The van der Waals surface area contributed by atoms with E-state index in [1.54, 1.807) is 13.0 Å². The van der Waals surface area contributed by atoms with Crippen LogP contribution in [0.5, 0.6) is 0 Å². The number of carbonyl (C=O) groups is 2. The highest BCUT2D eigenvalue weighted by Gasteiger charge is 2.41. The molecule has 2 atom stereocenters. The molecule has 0 amide bonds. The number of hydrogen-bond acceptors (Lipinski definition) is 9. The van der Waals surface area contributed by atoms with Gasteiger partial charge in [0.25, 0.3) is 0 Å². The van der Waals surface area contributed by atoms with Gasteiger partial charge in [0.05, 0.1) is 40.8 Å². The third-order valence-corrected chi connectivity index (χ3v) is 15.3. The SMILES string of the molecule is CCC1=C(C)C2=NC1=CC1=C(C)C3=C(O)CC(=C4NC(=CC5=NC(=C2)C(/C=C(\C#N)C(=O)O)=C5C)[C@@H](C)[C@@H]4CCCOC(=O)/C(C)=C/C=C/C(C)=C/C=C/C=C(C)/C=C/C=C(C)/C=C/C2=C(C)CCCC2(C)C)C3=N1. The number of aliphatic hydroxyl groups excluding tert-OH is 1. The number of aliphatic hydroxyl groups is 1. The Bertz CT molecular complexity index is 3210. The highest BCUT2D eigenvalue weighted by Crippen LogP contribution is 2.47. The zero-order valence-electron chi connectivity index (χ0n) is 46.0. The minimum Gasteiger partial charge on any atom is -0.511 e. The highest BCUT2D eigenvalue weighted by molar-refractivity contribution is 6.21. The van der Waals surface area contributed by atoms with E-state index in [9.17, 15) is 25.1 Å². The Kier molecular flexibility index (Phi) is 17.4. The first kappa shape index (κ1) is 55.1. The molecule has 3 N–H and O–H groups in total. The summed E-state index contributed by atoms with van der Waals surface area (Å²) in [7, 11) is 0. The van der Waals surface area contributed by atoms with Crippen molar-refractivity contribution in [2.45, 2.75) is 128 Å². The number of nitrogens with zero attached hydrogens (tertiary/aromatic N) is 4. The van der Waals surface area contributed by atoms with E-state index in [0.29, 0.717) is 53.9 Å². The van der Waals surface area contributed by atoms with Crippen LogP contribution in [0.15, 0.2) is 224 Å². The van der Waals surface area contributed by atoms with Gasteiger partial charge in [-0.3, -0.25) is 0 Å². The molecule has 0 spiro atoms. The summed E-state index contributed by atoms with van der Waals surface area (Å²) in [6.07, 6.45) is 37.8. The molecule has 0 radical (unpaired) electrons. The standard InChI is InChI=1S/C65H73N5O5/c1-13-48-43(7)54-35-58-50(32-47(37-66)63(72)73)45(9)53(68-58)34-55-44(8)49(61(69-55)51-33-59(71)60-46(10)56(70-62(51)60)36-57(48)67-54)27-19-31-75-64(74)42(6)25-17-24-39(3)21-15-14-20-38(2)22-16-23-40(4)28-29-52-41(5)26-18-30-65(52,11)12/h14-17,20-25,28-29,32,34-36,44,49,69,71H,13,18-19,26-27,30-31,33H2,1-12H3,(H,72,73)/b15-14+,22-16+,24-17+,29-28+,38-20+,39-21+,40-23+,42-25+,47-32+,55-34?,57-36?,58-35?,61-51?/t44-,49-/m0/s1. The van der Waals surface area contributed by atoms with Gasteiger partial charge >= 0.3 is 11.9 Å². The summed E-state index contributed by atoms with van der Waals surface area (Å²) in [6, 6.07) is 1.82. The largest absolute Gasteiger partial charge is 0.511 e. The van der Waals surface area contributed by atoms with Crippen molar-refractivity contribution in [3.05, 3.63) is 209 Å². The molecule has 10 nitrogen and oxygen atoms in total. The maximum absolute atomic E-state index is 13.2. The Morgan fingerprint density at radius 3 is 2.19 bits per heavy atom. The Hall–Kier alpha value is -7.64. The molecule has 75 heavy (non-hydrogen) atoms. The van der Waals surface area contributed by atoms with Crippen LogP contribution in [0.3, 0.4) is 0 Å². The summed E-state index contributed by atoms with van der Waals surface area (Å²) in [6.45, 7) is 25.3. The van der Waals surface area contributed by atoms with Crippen LogP contribution in [0.25, 0.3) is 0 Å². The van der Waals surface area contributed by atoms with Crippen LogP contribution in [-0.4, -0.2) is 45.9 Å². The molecule has 0 saturated carbocycles. The minimum absolute atomic E-state index is 0.0439. The lowest BCUT2D eigenvalue weighted by Crippen LogP contribution is -2.19. The Labute approximate surface area is 444 Å². The Balaban J connectivity index is 1.02. The normalized spacial score (nSPS) is 22.6. The van der Waals surface area contributed by atoms with Gasteiger partial charge in [0.1, 0.15) is 17.4 Å². The number of esters is 1. The van der Waals surface area contributed by atoms with Crippen molar-refractivity contribution in [3.8, 4) is 6.07 Å². The molecular weight excluding hydrogens is 931 g/mol. The summed E-state index contributed by atoms with van der Waals surface area (Å²) >= 11 is 0. The fourth-order valence-corrected chi connectivity index (χ4v) is 10.7. The smallest absolute Gasteiger partial charge is 0.346 e. The number of nitriles is 1. The van der Waals surface area contributed by atoms with Crippen LogP contribution in [0.4, 0.5) is 0 Å². The van der Waals surface area contributed by atoms with Gasteiger partial charge in [0, 0.05) is 51.9 Å². The van der Waals surface area contributed by atoms with E-state index < -0.39 is 11.5 Å². The van der Waals surface area contributed by atoms with Gasteiger partial charge in [-0.15, -0.1) is 0 Å². The monoisotopic (exact) mass is 1000 g/mol. The van der Waals surface area contributed by atoms with Crippen LogP contribution in [0.2, 0.25) is 0 Å². The van der Waals surface area contributed by atoms with Crippen molar-refractivity contribution in [2.24, 2.45) is 32.2 Å². The van der Waals surface area contributed by atoms with E-state index in [2.05, 4.69) is 90.2 Å². The molecule has 7 aliphatic rings. The zero-order valence-corrected chi connectivity index (χ0v) is 46.0. The van der Waals surface area contributed by atoms with E-state index in [1.807, 2.05) is 82.4 Å². The fraction of sp³-hybridized carbons (Fsp3) is 0.354. The van der Waals surface area contributed by atoms with Crippen LogP contribution in [0.1, 0.15) is 128 Å². The van der Waals surface area contributed by atoms with Crippen molar-refractivity contribution in [1.82, 2.24) is 5.32 Å². The van der Waals surface area contributed by atoms with Crippen LogP contribution >= 0.6 is 0 Å². The average Bonchev–Trinajstić information content (AvgIpc) is 4.12. The van der Waals surface area contributed by atoms with E-state index in [0.717, 1.165) is 73.1 Å². The number of carbonyl (C=O) groups excluding carboxylic acids is 1. The first-order chi connectivity index (χ1) is 35.7. The predicted molar refractivity (Wildman–Crippen MR) is 305 cm³/mol. The quantitative estimate of drug-likeness (QED) is 0.0457. The van der Waals surface area contributed by atoms with Crippen molar-refractivity contribution in [3.63, 3.8) is 0 Å². The summed E-state index contributed by atoms with van der Waals surface area (Å²) < 4.78 is 5.81. The number of rotatable bonds is 16. The number of nitrogens with one attached hydrogen (secondary N) is 1. The third-order valence-electron chi connectivity index (χ3n) is 15.3. The van der Waals surface area contributed by atoms with Crippen molar-refractivity contribution in [2.75, 3.05) is 6.61 Å². The second kappa shape index (κ2) is 23.7. The maximum atomic E-state index is 13.2. The topological polar surface area (TPSA) is 157 Å². The Morgan fingerprint density at radius 2 is 1.52 bits per heavy atom. The molecule has 0 aromatic heterocycles. The van der Waals surface area contributed by atoms with Gasteiger partial charge in [0.15, 0.2) is 0 Å². The van der Waals surface area contributed by atoms with Crippen LogP contribution in [-0.2, 0) is 14.3 Å². The summed E-state index contributed by atoms with van der Waals surface area (Å²) in [5.74, 6) is -1.51. The molecule has 8 bridgehead atoms. The van der Waals surface area contributed by atoms with E-state index in [1.165, 1.54) is 42.1 Å². The first-order valence-corrected chi connectivity index (χ1v) is 26.3. The molecular formula is C65H73N5O5. The number of ether oxygens (including phenoxy) is 1. The molecule has 2 aliphatic carbocycles. The van der Waals surface area contributed by atoms with E-state index >= 15 is 0 Å². The molecule has 0 aromatic carbocycles. The number of carboxylic acids is 1. The average molecular weight is 1000 g/mol. The van der Waals surface area contributed by atoms with Gasteiger partial charge < -0.3 is 20.3 Å². The molecule has 7 rings (SSSR count). The molecule has 10 heteroatoms. The van der Waals surface area contributed by atoms with E-state index in [-0.39, 0.29) is 35.6 Å². The van der Waals surface area contributed by atoms with Crippen molar-refractivity contribution >= 4 is 29.1 Å². The lowest BCUT2D eigenvalue weighted by molar-refractivity contribution is -0.139. The fourth-order valence-electron chi connectivity index (χ4n) is 10.7. The van der Waals surface area contributed by atoms with Crippen molar-refractivity contribution in [1.29, 1.82) is 5.26 Å². The summed E-state index contributed by atoms with van der Waals surface area (Å²) in [4.78, 5) is 40.5. The van der Waals surface area contributed by atoms with Crippen molar-refractivity contribution < 1.29 is 24.5 Å². The number of aliphatic imine (C=N–C) groups is 3. The van der Waals surface area contributed by atoms with Gasteiger partial charge in [-0.25, -0.2) is 24.6 Å². The molecule has 388 valence electrons. The number of allylic oxidation sites excluding steroid dienone is 29. The van der Waals surface area contributed by atoms with Gasteiger partial charge in [0.2, 0.25) is 0 Å². The molecule has 5 heterocycles. The molecule has 5 aliphatic heterocycles. The van der Waals surface area contributed by atoms with Gasteiger partial charge in [-0.2, -0.15) is 5.26 Å². The van der Waals surface area contributed by atoms with Gasteiger partial charge in [-0.1, -0.05) is 123 Å². The first-order valence-electron chi connectivity index (χ1n) is 26.3. The van der Waals surface area contributed by atoms with E-state index in [4.69, 9.17) is 19.7 Å². The maximum Gasteiger partial charge on any atom is 0.346 e. The molecule has 1 saturated heterocycles. The second-order valence-corrected chi connectivity index (χ2v) is 21.2. The van der Waals surface area contributed by atoms with Crippen LogP contribution in [0, 0.1) is 28.6 Å². The Morgan fingerprint density at radius 1 is 0.867 bits per heavy atom. The zero-order chi connectivity index (χ0) is 54.3. The predicted octanol–water partition coefficient (Wildman–Crippen LogP) is 15.1. The highest BCUT2D eigenvalue weighted by atomic mass is 16.5. The number of aliphatic carboxylic acids is 1. The molecule has 1 fully saturated rings. The second-order valence-electron chi connectivity index (χ2n) is 21.2. The lowest BCUT2D eigenvalue weighted by Gasteiger charge is -2.32. The number of carboxylic acid groups (broad SMARTS) is 1. The van der Waals surface area contributed by atoms with Gasteiger partial charge in [-0.05, 0) is 151 Å². The molecule has 0 aromatic rings. The minimum atomic E-state index is -1.32. The lowest BCUT2D eigenvalue weighted by atomic mass is 9.72. The molecule has 0 unspecified atom stereocenters. The van der Waals surface area contributed by atoms with Crippen LogP contribution < -0.4 is 5.32 Å². The summed E-state index contributed by atoms with van der Waals surface area (Å²) in [5.41, 5.74) is 18.5. The third kappa shape index (κ3) is 12.5.